The Kier molecular flexibility index (Phi) is 7.18. The number of para-hydroxylation sites is 1. The fraction of sp³-hybridized carbons (Fsp3) is 0.278. The fourth-order valence-corrected chi connectivity index (χ4v) is 3.84. The van der Waals surface area contributed by atoms with Crippen molar-refractivity contribution in [2.45, 2.75) is 23.8 Å². The average molecular weight is 414 g/mol. The Labute approximate surface area is 164 Å². The molecule has 2 aromatic carbocycles. The summed E-state index contributed by atoms with van der Waals surface area (Å²) in [5.74, 6) is -0.892. The highest BCUT2D eigenvalue weighted by Crippen LogP contribution is 2.19. The monoisotopic (exact) mass is 413 g/mol. The lowest BCUT2D eigenvalue weighted by Gasteiger charge is -2.23. The minimum absolute atomic E-state index is 0. The van der Waals surface area contributed by atoms with Gasteiger partial charge in [-0.3, -0.25) is 9.52 Å². The number of benzene rings is 2. The van der Waals surface area contributed by atoms with Gasteiger partial charge in [0.1, 0.15) is 5.82 Å². The maximum Gasteiger partial charge on any atom is 0.261 e. The summed E-state index contributed by atoms with van der Waals surface area (Å²) in [7, 11) is -3.94. The summed E-state index contributed by atoms with van der Waals surface area (Å²) in [4.78, 5) is 12.2. The van der Waals surface area contributed by atoms with Gasteiger partial charge in [0.05, 0.1) is 10.6 Å². The van der Waals surface area contributed by atoms with Crippen LogP contribution in [0.4, 0.5) is 10.1 Å². The van der Waals surface area contributed by atoms with Crippen molar-refractivity contribution in [3.63, 3.8) is 0 Å². The van der Waals surface area contributed by atoms with Crippen LogP contribution in [0.15, 0.2) is 53.4 Å². The van der Waals surface area contributed by atoms with Gasteiger partial charge in [-0.1, -0.05) is 12.1 Å². The van der Waals surface area contributed by atoms with Gasteiger partial charge < -0.3 is 10.6 Å². The van der Waals surface area contributed by atoms with Crippen molar-refractivity contribution < 1.29 is 17.6 Å². The second-order valence-corrected chi connectivity index (χ2v) is 7.79. The van der Waals surface area contributed by atoms with Crippen molar-refractivity contribution in [3.8, 4) is 0 Å². The quantitative estimate of drug-likeness (QED) is 0.703. The number of amides is 1. The molecule has 1 aliphatic heterocycles. The molecule has 0 unspecified atom stereocenters. The van der Waals surface area contributed by atoms with Gasteiger partial charge in [-0.05, 0) is 62.3 Å². The molecule has 0 bridgehead atoms. The predicted octanol–water partition coefficient (Wildman–Crippen LogP) is 2.53. The number of piperidine rings is 1. The SMILES string of the molecule is Cl.O=C(NC1CCNCC1)c1ccc(S(=O)(=O)Nc2ccccc2F)cc1. The summed E-state index contributed by atoms with van der Waals surface area (Å²) in [6.45, 7) is 1.73. The molecule has 3 rings (SSSR count). The van der Waals surface area contributed by atoms with E-state index in [0.29, 0.717) is 5.56 Å². The van der Waals surface area contributed by atoms with Crippen LogP contribution in [0.3, 0.4) is 0 Å². The maximum absolute atomic E-state index is 13.6. The minimum atomic E-state index is -3.94. The van der Waals surface area contributed by atoms with Gasteiger partial charge in [-0.15, -0.1) is 12.4 Å². The van der Waals surface area contributed by atoms with E-state index in [-0.39, 0.29) is 34.9 Å². The number of carbonyl (C=O) groups excluding carboxylic acids is 1. The van der Waals surface area contributed by atoms with Crippen LogP contribution in [0.2, 0.25) is 0 Å². The van der Waals surface area contributed by atoms with E-state index in [1.807, 2.05) is 0 Å². The van der Waals surface area contributed by atoms with Crippen LogP contribution >= 0.6 is 12.4 Å². The number of carbonyl (C=O) groups is 1. The lowest BCUT2D eigenvalue weighted by molar-refractivity contribution is 0.0929. The number of halogens is 2. The third kappa shape index (κ3) is 5.41. The second-order valence-electron chi connectivity index (χ2n) is 6.11. The van der Waals surface area contributed by atoms with E-state index < -0.39 is 15.8 Å². The molecule has 1 heterocycles. The maximum atomic E-state index is 13.6. The molecular weight excluding hydrogens is 393 g/mol. The average Bonchev–Trinajstić information content (AvgIpc) is 2.64. The van der Waals surface area contributed by atoms with Crippen LogP contribution in [0.5, 0.6) is 0 Å². The molecule has 0 saturated carbocycles. The number of rotatable bonds is 5. The van der Waals surface area contributed by atoms with E-state index in [1.165, 1.54) is 48.5 Å². The first-order valence-electron chi connectivity index (χ1n) is 8.35. The standard InChI is InChI=1S/C18H20FN3O3S.ClH/c19-16-3-1-2-4-17(16)22-26(24,25)15-7-5-13(6-8-15)18(23)21-14-9-11-20-12-10-14;/h1-8,14,20,22H,9-12H2,(H,21,23);1H. The molecule has 1 aliphatic rings. The second kappa shape index (κ2) is 9.16. The van der Waals surface area contributed by atoms with Gasteiger partial charge in [0.2, 0.25) is 0 Å². The Morgan fingerprint density at radius 1 is 1.04 bits per heavy atom. The third-order valence-electron chi connectivity index (χ3n) is 4.22. The van der Waals surface area contributed by atoms with E-state index in [1.54, 1.807) is 0 Å². The Morgan fingerprint density at radius 3 is 2.30 bits per heavy atom. The van der Waals surface area contributed by atoms with Crippen molar-refractivity contribution in [1.82, 2.24) is 10.6 Å². The van der Waals surface area contributed by atoms with Crippen molar-refractivity contribution in [3.05, 3.63) is 59.9 Å². The smallest absolute Gasteiger partial charge is 0.261 e. The Bertz CT molecular complexity index is 885. The van der Waals surface area contributed by atoms with Crippen molar-refractivity contribution in [2.24, 2.45) is 0 Å². The molecule has 1 fully saturated rings. The molecule has 9 heteroatoms. The summed E-state index contributed by atoms with van der Waals surface area (Å²) < 4.78 is 40.6. The first kappa shape index (κ1) is 21.1. The van der Waals surface area contributed by atoms with Crippen molar-refractivity contribution >= 4 is 34.0 Å². The zero-order valence-corrected chi connectivity index (χ0v) is 16.1. The predicted molar refractivity (Wildman–Crippen MR) is 104 cm³/mol. The highest BCUT2D eigenvalue weighted by atomic mass is 35.5. The normalized spacial score (nSPS) is 14.9. The van der Waals surface area contributed by atoms with Crippen LogP contribution in [-0.2, 0) is 10.0 Å². The molecule has 27 heavy (non-hydrogen) atoms. The highest BCUT2D eigenvalue weighted by molar-refractivity contribution is 7.92. The van der Waals surface area contributed by atoms with Gasteiger partial charge in [-0.2, -0.15) is 0 Å². The highest BCUT2D eigenvalue weighted by Gasteiger charge is 2.19. The van der Waals surface area contributed by atoms with Crippen LogP contribution < -0.4 is 15.4 Å². The number of hydrogen-bond donors (Lipinski definition) is 3. The van der Waals surface area contributed by atoms with E-state index in [9.17, 15) is 17.6 Å². The van der Waals surface area contributed by atoms with Crippen LogP contribution in [0, 0.1) is 5.82 Å². The Hall–Kier alpha value is -2.16. The van der Waals surface area contributed by atoms with Crippen LogP contribution in [-0.4, -0.2) is 33.5 Å². The molecule has 0 spiro atoms. The topological polar surface area (TPSA) is 87.3 Å². The number of hydrogen-bond acceptors (Lipinski definition) is 4. The molecule has 0 radical (unpaired) electrons. The number of nitrogens with one attached hydrogen (secondary N) is 3. The number of sulfonamides is 1. The molecule has 6 nitrogen and oxygen atoms in total. The summed E-state index contributed by atoms with van der Waals surface area (Å²) in [5.41, 5.74) is 0.258. The van der Waals surface area contributed by atoms with Gasteiger partial charge in [0, 0.05) is 11.6 Å². The van der Waals surface area contributed by atoms with Gasteiger partial charge in [-0.25, -0.2) is 12.8 Å². The lowest BCUT2D eigenvalue weighted by Crippen LogP contribution is -2.42. The van der Waals surface area contributed by atoms with E-state index in [0.717, 1.165) is 25.9 Å². The zero-order chi connectivity index (χ0) is 18.6. The molecule has 3 N–H and O–H groups in total. The van der Waals surface area contributed by atoms with E-state index in [2.05, 4.69) is 15.4 Å². The van der Waals surface area contributed by atoms with E-state index in [4.69, 9.17) is 0 Å². The van der Waals surface area contributed by atoms with E-state index >= 15 is 0 Å². The Balaban J connectivity index is 0.00000261. The van der Waals surface area contributed by atoms with Crippen LogP contribution in [0.25, 0.3) is 0 Å². The molecule has 146 valence electrons. The molecule has 0 aromatic heterocycles. The van der Waals surface area contributed by atoms with Gasteiger partial charge >= 0.3 is 0 Å². The molecule has 0 atom stereocenters. The summed E-state index contributed by atoms with van der Waals surface area (Å²) >= 11 is 0. The minimum Gasteiger partial charge on any atom is -0.349 e. The van der Waals surface area contributed by atoms with Crippen LogP contribution in [0.1, 0.15) is 23.2 Å². The molecule has 0 aliphatic carbocycles. The zero-order valence-electron chi connectivity index (χ0n) is 14.4. The molecule has 1 saturated heterocycles. The van der Waals surface area contributed by atoms with Gasteiger partial charge in [0.25, 0.3) is 15.9 Å². The van der Waals surface area contributed by atoms with Crippen molar-refractivity contribution in [1.29, 1.82) is 0 Å². The largest absolute Gasteiger partial charge is 0.349 e. The molecule has 2 aromatic rings. The number of anilines is 1. The third-order valence-corrected chi connectivity index (χ3v) is 5.60. The molecule has 1 amide bonds. The van der Waals surface area contributed by atoms with Crippen molar-refractivity contribution in [2.75, 3.05) is 17.8 Å². The van der Waals surface area contributed by atoms with Gasteiger partial charge in [0.15, 0.2) is 0 Å². The first-order valence-corrected chi connectivity index (χ1v) is 9.83. The lowest BCUT2D eigenvalue weighted by atomic mass is 10.1. The molecular formula is C18H21ClFN3O3S. The fourth-order valence-electron chi connectivity index (χ4n) is 2.77. The summed E-state index contributed by atoms with van der Waals surface area (Å²) in [6, 6.07) is 11.2. The summed E-state index contributed by atoms with van der Waals surface area (Å²) in [5, 5.41) is 6.17. The first-order chi connectivity index (χ1) is 12.5. The summed E-state index contributed by atoms with van der Waals surface area (Å²) in [6.07, 6.45) is 1.73. The Morgan fingerprint density at radius 2 is 1.67 bits per heavy atom.